The van der Waals surface area contributed by atoms with Crippen molar-refractivity contribution >= 4 is 17.4 Å². The summed E-state index contributed by atoms with van der Waals surface area (Å²) in [5.41, 5.74) is 2.59. The zero-order valence-corrected chi connectivity index (χ0v) is 16.5. The van der Waals surface area contributed by atoms with Gasteiger partial charge in [0.1, 0.15) is 0 Å². The van der Waals surface area contributed by atoms with Crippen LogP contribution >= 0.6 is 0 Å². The number of benzene rings is 3. The third kappa shape index (κ3) is 4.71. The van der Waals surface area contributed by atoms with E-state index in [0.29, 0.717) is 5.56 Å². The Morgan fingerprint density at radius 1 is 0.839 bits per heavy atom. The Hall–Kier alpha value is -3.35. The molecule has 1 aliphatic rings. The summed E-state index contributed by atoms with van der Waals surface area (Å²) >= 11 is 0. The molecule has 1 aliphatic carbocycles. The molecule has 0 saturated heterocycles. The van der Waals surface area contributed by atoms with Crippen LogP contribution in [0.5, 0.6) is 0 Å². The van der Waals surface area contributed by atoms with Gasteiger partial charge < -0.3 is 10.6 Å². The Labute approximate surface area is 177 Å². The molecule has 2 amide bonds. The highest BCUT2D eigenvalue weighted by molar-refractivity contribution is 6.00. The van der Waals surface area contributed by atoms with Gasteiger partial charge in [0, 0.05) is 11.3 Å². The van der Waals surface area contributed by atoms with E-state index in [1.165, 1.54) is 29.3 Å². The number of aryl methyl sites for hydroxylation is 2. The summed E-state index contributed by atoms with van der Waals surface area (Å²) in [5, 5.41) is 4.70. The summed E-state index contributed by atoms with van der Waals surface area (Å²) in [6, 6.07) is 13.9. The third-order valence-electron chi connectivity index (χ3n) is 5.35. The predicted molar refractivity (Wildman–Crippen MR) is 113 cm³/mol. The molecule has 0 aromatic heterocycles. The lowest BCUT2D eigenvalue weighted by atomic mass is 9.89. The molecule has 2 N–H and O–H groups in total. The Morgan fingerprint density at radius 2 is 1.58 bits per heavy atom. The van der Waals surface area contributed by atoms with Crippen molar-refractivity contribution in [2.24, 2.45) is 0 Å². The predicted octanol–water partition coefficient (Wildman–Crippen LogP) is 7.03. The lowest BCUT2D eigenvalue weighted by Crippen LogP contribution is -2.20. The maximum Gasteiger partial charge on any atom is 0.416 e. The molecule has 3 aromatic carbocycles. The summed E-state index contributed by atoms with van der Waals surface area (Å²) in [7, 11) is 0. The van der Waals surface area contributed by atoms with Gasteiger partial charge in [-0.2, -0.15) is 13.2 Å². The number of carbonyl (C=O) groups excluding carboxylic acids is 1. The molecule has 0 radical (unpaired) electrons. The highest BCUT2D eigenvalue weighted by Gasteiger charge is 2.30. The number of hydrogen-bond acceptors (Lipinski definition) is 1. The molecule has 0 saturated carbocycles. The molecule has 0 fully saturated rings. The smallest absolute Gasteiger partial charge is 0.308 e. The van der Waals surface area contributed by atoms with E-state index in [4.69, 9.17) is 0 Å². The van der Waals surface area contributed by atoms with Gasteiger partial charge in [0.15, 0.2) is 5.82 Å². The SMILES string of the molecule is O=C(Nc1cccc(C(F)(F)F)c1)Nc1cccc(-c2ccc3c(c2)CCCC3)c1F. The van der Waals surface area contributed by atoms with Gasteiger partial charge in [0.25, 0.3) is 0 Å². The Balaban J connectivity index is 1.53. The minimum Gasteiger partial charge on any atom is -0.308 e. The first-order valence-corrected chi connectivity index (χ1v) is 9.97. The number of nitrogens with one attached hydrogen (secondary N) is 2. The molecule has 0 heterocycles. The van der Waals surface area contributed by atoms with E-state index in [2.05, 4.69) is 10.6 Å². The summed E-state index contributed by atoms with van der Waals surface area (Å²) in [6.45, 7) is 0. The van der Waals surface area contributed by atoms with Crippen molar-refractivity contribution in [2.45, 2.75) is 31.9 Å². The van der Waals surface area contributed by atoms with Crippen LogP contribution in [0.15, 0.2) is 60.7 Å². The molecular formula is C24H20F4N2O. The lowest BCUT2D eigenvalue weighted by molar-refractivity contribution is -0.137. The molecule has 7 heteroatoms. The number of alkyl halides is 3. The Kier molecular flexibility index (Phi) is 5.67. The standard InChI is InChI=1S/C24H20F4N2O/c25-22-20(17-12-11-15-5-1-2-6-16(15)13-17)9-4-10-21(22)30-23(31)29-19-8-3-7-18(14-19)24(26,27)28/h3-4,7-14H,1-2,5-6H2,(H2,29,30,31). The van der Waals surface area contributed by atoms with E-state index >= 15 is 4.39 Å². The summed E-state index contributed by atoms with van der Waals surface area (Å²) in [5.74, 6) is -0.600. The largest absolute Gasteiger partial charge is 0.416 e. The van der Waals surface area contributed by atoms with Crippen LogP contribution in [0.3, 0.4) is 0 Å². The first kappa shape index (κ1) is 20.9. The van der Waals surface area contributed by atoms with Crippen molar-refractivity contribution in [3.8, 4) is 11.1 Å². The van der Waals surface area contributed by atoms with Crippen LogP contribution in [0.2, 0.25) is 0 Å². The van der Waals surface area contributed by atoms with Crippen molar-refractivity contribution in [3.63, 3.8) is 0 Å². The highest BCUT2D eigenvalue weighted by Crippen LogP contribution is 2.32. The second kappa shape index (κ2) is 8.41. The first-order valence-electron chi connectivity index (χ1n) is 9.97. The molecule has 0 unspecified atom stereocenters. The highest BCUT2D eigenvalue weighted by atomic mass is 19.4. The molecule has 3 nitrogen and oxygen atoms in total. The number of amides is 2. The van der Waals surface area contributed by atoms with Gasteiger partial charge in [-0.15, -0.1) is 0 Å². The topological polar surface area (TPSA) is 41.1 Å². The van der Waals surface area contributed by atoms with Crippen molar-refractivity contribution < 1.29 is 22.4 Å². The Bertz CT molecular complexity index is 1120. The van der Waals surface area contributed by atoms with Crippen LogP contribution in [0.1, 0.15) is 29.5 Å². The van der Waals surface area contributed by atoms with Gasteiger partial charge in [-0.1, -0.05) is 36.4 Å². The monoisotopic (exact) mass is 428 g/mol. The molecular weight excluding hydrogens is 408 g/mol. The number of carbonyl (C=O) groups is 1. The van der Waals surface area contributed by atoms with E-state index < -0.39 is 23.6 Å². The van der Waals surface area contributed by atoms with Crippen LogP contribution < -0.4 is 10.6 Å². The molecule has 160 valence electrons. The lowest BCUT2D eigenvalue weighted by Gasteiger charge is -2.17. The van der Waals surface area contributed by atoms with E-state index in [1.54, 1.807) is 12.1 Å². The maximum atomic E-state index is 15.1. The van der Waals surface area contributed by atoms with Gasteiger partial charge in [-0.05, 0) is 66.6 Å². The summed E-state index contributed by atoms with van der Waals surface area (Å²) < 4.78 is 53.6. The number of halogens is 4. The van der Waals surface area contributed by atoms with Gasteiger partial charge >= 0.3 is 12.2 Å². The average molecular weight is 428 g/mol. The Morgan fingerprint density at radius 3 is 2.35 bits per heavy atom. The minimum atomic E-state index is -4.52. The van der Waals surface area contributed by atoms with E-state index in [0.717, 1.165) is 43.4 Å². The number of rotatable bonds is 3. The fourth-order valence-corrected chi connectivity index (χ4v) is 3.81. The fraction of sp³-hybridized carbons (Fsp3) is 0.208. The fourth-order valence-electron chi connectivity index (χ4n) is 3.81. The molecule has 0 spiro atoms. The second-order valence-electron chi connectivity index (χ2n) is 7.52. The van der Waals surface area contributed by atoms with Gasteiger partial charge in [-0.3, -0.25) is 0 Å². The van der Waals surface area contributed by atoms with Gasteiger partial charge in [0.05, 0.1) is 11.3 Å². The van der Waals surface area contributed by atoms with Crippen molar-refractivity contribution in [1.29, 1.82) is 0 Å². The van der Waals surface area contributed by atoms with Crippen LogP contribution in [0, 0.1) is 5.82 Å². The first-order chi connectivity index (χ1) is 14.8. The van der Waals surface area contributed by atoms with Crippen LogP contribution in [-0.2, 0) is 19.0 Å². The molecule has 0 atom stereocenters. The molecule has 3 aromatic rings. The van der Waals surface area contributed by atoms with Crippen LogP contribution in [-0.4, -0.2) is 6.03 Å². The maximum absolute atomic E-state index is 15.1. The van der Waals surface area contributed by atoms with E-state index in [9.17, 15) is 18.0 Å². The zero-order chi connectivity index (χ0) is 22.0. The van der Waals surface area contributed by atoms with Crippen LogP contribution in [0.25, 0.3) is 11.1 Å². The molecule has 4 rings (SSSR count). The van der Waals surface area contributed by atoms with Gasteiger partial charge in [0.2, 0.25) is 0 Å². The zero-order valence-electron chi connectivity index (χ0n) is 16.5. The molecule has 0 bridgehead atoms. The second-order valence-corrected chi connectivity index (χ2v) is 7.52. The third-order valence-corrected chi connectivity index (χ3v) is 5.35. The number of hydrogen-bond donors (Lipinski definition) is 2. The number of urea groups is 1. The summed E-state index contributed by atoms with van der Waals surface area (Å²) in [6.07, 6.45) is -0.279. The quantitative estimate of drug-likeness (QED) is 0.432. The minimum absolute atomic E-state index is 0.0430. The normalized spacial score (nSPS) is 13.4. The van der Waals surface area contributed by atoms with Crippen LogP contribution in [0.4, 0.5) is 33.7 Å². The molecule has 0 aliphatic heterocycles. The summed E-state index contributed by atoms with van der Waals surface area (Å²) in [4.78, 5) is 12.3. The average Bonchev–Trinajstić information content (AvgIpc) is 2.74. The van der Waals surface area contributed by atoms with E-state index in [-0.39, 0.29) is 11.4 Å². The molecule has 31 heavy (non-hydrogen) atoms. The van der Waals surface area contributed by atoms with E-state index in [1.807, 2.05) is 18.2 Å². The van der Waals surface area contributed by atoms with Crippen molar-refractivity contribution in [3.05, 3.63) is 83.2 Å². The number of anilines is 2. The van der Waals surface area contributed by atoms with Crippen molar-refractivity contribution in [1.82, 2.24) is 0 Å². The van der Waals surface area contributed by atoms with Gasteiger partial charge in [-0.25, -0.2) is 9.18 Å². The number of fused-ring (bicyclic) bond motifs is 1. The van der Waals surface area contributed by atoms with Crippen molar-refractivity contribution in [2.75, 3.05) is 10.6 Å².